The zero-order valence-corrected chi connectivity index (χ0v) is 18.3. The second-order valence-corrected chi connectivity index (χ2v) is 8.49. The van der Waals surface area contributed by atoms with Gasteiger partial charge in [-0.15, -0.1) is 0 Å². The first-order valence-corrected chi connectivity index (χ1v) is 11.1. The van der Waals surface area contributed by atoms with Crippen molar-refractivity contribution >= 4 is 27.8 Å². The van der Waals surface area contributed by atoms with Crippen LogP contribution in [0.3, 0.4) is 0 Å². The van der Waals surface area contributed by atoms with Gasteiger partial charge in [0.2, 0.25) is 0 Å². The highest BCUT2D eigenvalue weighted by Crippen LogP contribution is 2.32. The van der Waals surface area contributed by atoms with Crippen molar-refractivity contribution in [2.75, 3.05) is 38.1 Å². The van der Waals surface area contributed by atoms with Crippen LogP contribution in [-0.2, 0) is 0 Å². The van der Waals surface area contributed by atoms with Crippen molar-refractivity contribution in [1.29, 1.82) is 0 Å². The van der Waals surface area contributed by atoms with Gasteiger partial charge in [0.1, 0.15) is 17.2 Å². The number of benzene rings is 3. The van der Waals surface area contributed by atoms with E-state index < -0.39 is 0 Å². The van der Waals surface area contributed by atoms with E-state index in [-0.39, 0.29) is 5.82 Å². The number of aromatic amines is 1. The van der Waals surface area contributed by atoms with Crippen molar-refractivity contribution in [3.63, 3.8) is 0 Å². The molecule has 2 aromatic heterocycles. The van der Waals surface area contributed by atoms with Crippen LogP contribution >= 0.6 is 0 Å². The third-order valence-electron chi connectivity index (χ3n) is 6.25. The SMILES string of the molecule is CN1CCN(c2ccc3nc(-c4ccc(F)cc4)c(-c4nc5ccccc5[nH]4)nc3c2)CC1. The zero-order chi connectivity index (χ0) is 22.4. The van der Waals surface area contributed by atoms with Gasteiger partial charge in [-0.25, -0.2) is 19.3 Å². The highest BCUT2D eigenvalue weighted by molar-refractivity contribution is 5.88. The van der Waals surface area contributed by atoms with E-state index in [1.54, 1.807) is 12.1 Å². The lowest BCUT2D eigenvalue weighted by molar-refractivity contribution is 0.313. The van der Waals surface area contributed by atoms with Gasteiger partial charge in [-0.2, -0.15) is 0 Å². The van der Waals surface area contributed by atoms with Gasteiger partial charge < -0.3 is 14.8 Å². The normalized spacial score (nSPS) is 14.9. The molecule has 3 aromatic carbocycles. The third kappa shape index (κ3) is 3.70. The molecule has 1 fully saturated rings. The van der Waals surface area contributed by atoms with E-state index in [0.717, 1.165) is 59.5 Å². The summed E-state index contributed by atoms with van der Waals surface area (Å²) in [5, 5.41) is 0. The minimum absolute atomic E-state index is 0.283. The van der Waals surface area contributed by atoms with E-state index in [0.29, 0.717) is 17.2 Å². The monoisotopic (exact) mass is 438 g/mol. The van der Waals surface area contributed by atoms with Crippen LogP contribution in [0.25, 0.3) is 44.8 Å². The van der Waals surface area contributed by atoms with E-state index in [1.165, 1.54) is 12.1 Å². The van der Waals surface area contributed by atoms with Gasteiger partial charge in [0.25, 0.3) is 0 Å². The van der Waals surface area contributed by atoms with Crippen molar-refractivity contribution in [1.82, 2.24) is 24.8 Å². The number of hydrogen-bond donors (Lipinski definition) is 1. The molecule has 1 N–H and O–H groups in total. The highest BCUT2D eigenvalue weighted by Gasteiger charge is 2.19. The molecule has 0 atom stereocenters. The fourth-order valence-electron chi connectivity index (χ4n) is 4.34. The van der Waals surface area contributed by atoms with Crippen LogP contribution in [0.15, 0.2) is 66.7 Å². The second kappa shape index (κ2) is 7.94. The van der Waals surface area contributed by atoms with Crippen LogP contribution in [0, 0.1) is 5.82 Å². The summed E-state index contributed by atoms with van der Waals surface area (Å²) in [6.45, 7) is 4.05. The van der Waals surface area contributed by atoms with Crippen LogP contribution in [0.2, 0.25) is 0 Å². The van der Waals surface area contributed by atoms with Gasteiger partial charge in [0.05, 0.1) is 22.1 Å². The maximum Gasteiger partial charge on any atom is 0.159 e. The van der Waals surface area contributed by atoms with E-state index in [2.05, 4.69) is 34.0 Å². The van der Waals surface area contributed by atoms with Crippen molar-refractivity contribution in [3.8, 4) is 22.8 Å². The Morgan fingerprint density at radius 2 is 1.52 bits per heavy atom. The van der Waals surface area contributed by atoms with Crippen LogP contribution in [0.1, 0.15) is 0 Å². The Morgan fingerprint density at radius 3 is 2.30 bits per heavy atom. The molecule has 0 radical (unpaired) electrons. The topological polar surface area (TPSA) is 60.9 Å². The molecule has 5 aromatic rings. The number of para-hydroxylation sites is 2. The quantitative estimate of drug-likeness (QED) is 0.441. The van der Waals surface area contributed by atoms with Crippen LogP contribution < -0.4 is 4.90 Å². The predicted molar refractivity (Wildman–Crippen MR) is 130 cm³/mol. The van der Waals surface area contributed by atoms with Gasteiger partial charge in [-0.05, 0) is 61.6 Å². The molecule has 7 heteroatoms. The molecule has 0 aliphatic carbocycles. The molecule has 164 valence electrons. The molecule has 0 amide bonds. The molecule has 0 saturated carbocycles. The lowest BCUT2D eigenvalue weighted by atomic mass is 10.1. The first kappa shape index (κ1) is 19.8. The lowest BCUT2D eigenvalue weighted by Gasteiger charge is -2.34. The number of fused-ring (bicyclic) bond motifs is 2. The number of rotatable bonds is 3. The number of piperazine rings is 1. The van der Waals surface area contributed by atoms with Gasteiger partial charge in [-0.3, -0.25) is 0 Å². The number of nitrogens with one attached hydrogen (secondary N) is 1. The molecule has 1 aliphatic rings. The Bertz CT molecular complexity index is 1420. The summed E-state index contributed by atoms with van der Waals surface area (Å²) in [7, 11) is 2.15. The summed E-state index contributed by atoms with van der Waals surface area (Å²) in [6.07, 6.45) is 0. The van der Waals surface area contributed by atoms with Gasteiger partial charge in [-0.1, -0.05) is 12.1 Å². The first-order valence-electron chi connectivity index (χ1n) is 11.1. The Hall–Kier alpha value is -3.84. The second-order valence-electron chi connectivity index (χ2n) is 8.49. The van der Waals surface area contributed by atoms with Crippen LogP contribution in [0.4, 0.5) is 10.1 Å². The molecular formula is C26H23FN6. The summed E-state index contributed by atoms with van der Waals surface area (Å²) in [5.41, 5.74) is 6.69. The lowest BCUT2D eigenvalue weighted by Crippen LogP contribution is -2.44. The molecule has 1 aliphatic heterocycles. The van der Waals surface area contributed by atoms with Crippen LogP contribution in [0.5, 0.6) is 0 Å². The molecule has 1 saturated heterocycles. The Morgan fingerprint density at radius 1 is 0.758 bits per heavy atom. The molecule has 6 rings (SSSR count). The number of imidazole rings is 1. The fourth-order valence-corrected chi connectivity index (χ4v) is 4.34. The number of likely N-dealkylation sites (N-methyl/N-ethyl adjacent to an activating group) is 1. The minimum atomic E-state index is -0.283. The summed E-state index contributed by atoms with van der Waals surface area (Å²) in [4.78, 5) is 22.8. The Kier molecular flexibility index (Phi) is 4.77. The molecule has 0 spiro atoms. The van der Waals surface area contributed by atoms with E-state index in [9.17, 15) is 4.39 Å². The number of nitrogens with zero attached hydrogens (tertiary/aromatic N) is 5. The van der Waals surface area contributed by atoms with Crippen molar-refractivity contribution in [2.24, 2.45) is 0 Å². The van der Waals surface area contributed by atoms with Crippen LogP contribution in [-0.4, -0.2) is 58.1 Å². The maximum absolute atomic E-state index is 13.6. The van der Waals surface area contributed by atoms with Gasteiger partial charge in [0, 0.05) is 37.4 Å². The highest BCUT2D eigenvalue weighted by atomic mass is 19.1. The van der Waals surface area contributed by atoms with E-state index in [1.807, 2.05) is 30.3 Å². The fraction of sp³-hybridized carbons (Fsp3) is 0.192. The number of H-pyrrole nitrogens is 1. The minimum Gasteiger partial charge on any atom is -0.369 e. The van der Waals surface area contributed by atoms with Crippen molar-refractivity contribution in [2.45, 2.75) is 0 Å². The van der Waals surface area contributed by atoms with Crippen molar-refractivity contribution < 1.29 is 4.39 Å². The predicted octanol–water partition coefficient (Wildman–Crippen LogP) is 4.73. The molecule has 33 heavy (non-hydrogen) atoms. The summed E-state index contributed by atoms with van der Waals surface area (Å²) in [6, 6.07) is 20.5. The molecule has 0 unspecified atom stereocenters. The van der Waals surface area contributed by atoms with Crippen molar-refractivity contribution in [3.05, 3.63) is 72.5 Å². The maximum atomic E-state index is 13.6. The standard InChI is InChI=1S/C26H23FN6/c1-32-12-14-33(15-13-32)19-10-11-22-23(16-19)29-25(24(28-22)17-6-8-18(27)9-7-17)26-30-20-4-2-3-5-21(20)31-26/h2-11,16H,12-15H2,1H3,(H,30,31). The van der Waals surface area contributed by atoms with Gasteiger partial charge in [0.15, 0.2) is 5.82 Å². The Balaban J connectivity index is 1.52. The molecular weight excluding hydrogens is 415 g/mol. The smallest absolute Gasteiger partial charge is 0.159 e. The summed E-state index contributed by atoms with van der Waals surface area (Å²) >= 11 is 0. The first-order chi connectivity index (χ1) is 16.1. The zero-order valence-electron chi connectivity index (χ0n) is 18.3. The molecule has 6 nitrogen and oxygen atoms in total. The number of halogens is 1. The molecule has 0 bridgehead atoms. The average Bonchev–Trinajstić information content (AvgIpc) is 3.28. The number of anilines is 1. The van der Waals surface area contributed by atoms with Gasteiger partial charge >= 0.3 is 0 Å². The number of aromatic nitrogens is 4. The third-order valence-corrected chi connectivity index (χ3v) is 6.25. The van der Waals surface area contributed by atoms with E-state index in [4.69, 9.17) is 15.0 Å². The largest absolute Gasteiger partial charge is 0.369 e. The number of hydrogen-bond acceptors (Lipinski definition) is 5. The average molecular weight is 439 g/mol. The Labute approximate surface area is 190 Å². The molecule has 3 heterocycles. The summed E-state index contributed by atoms with van der Waals surface area (Å²) < 4.78 is 13.6. The van der Waals surface area contributed by atoms with E-state index >= 15 is 0 Å². The summed E-state index contributed by atoms with van der Waals surface area (Å²) in [5.74, 6) is 0.365.